The Balaban J connectivity index is 1.96. The Kier molecular flexibility index (Phi) is 6.11. The lowest BCUT2D eigenvalue weighted by Crippen LogP contribution is -2.36. The average Bonchev–Trinajstić information content (AvgIpc) is 3.51. The smallest absolute Gasteiger partial charge is 0.270 e. The fourth-order valence-electron chi connectivity index (χ4n) is 2.88. The van der Waals surface area contributed by atoms with E-state index in [4.69, 9.17) is 4.74 Å². The van der Waals surface area contributed by atoms with Crippen LogP contribution in [-0.4, -0.2) is 46.0 Å². The minimum Gasteiger partial charge on any atom is -0.495 e. The number of likely N-dealkylation sites (N-methyl/N-ethyl adjacent to an activating group) is 1. The molecule has 0 aromatic heterocycles. The first-order valence-corrected chi connectivity index (χ1v) is 10.6. The number of hydrogen-bond acceptors (Lipinski definition) is 7. The highest BCUT2D eigenvalue weighted by molar-refractivity contribution is 7.93. The normalized spacial score (nSPS) is 13.4. The van der Waals surface area contributed by atoms with E-state index in [0.717, 1.165) is 18.9 Å². The third-order valence-electron chi connectivity index (χ3n) is 4.53. The van der Waals surface area contributed by atoms with E-state index in [1.807, 2.05) is 0 Å². The molecule has 0 heterocycles. The van der Waals surface area contributed by atoms with Crippen molar-refractivity contribution in [3.8, 4) is 5.75 Å². The Morgan fingerprint density at radius 3 is 2.60 bits per heavy atom. The summed E-state index contributed by atoms with van der Waals surface area (Å²) in [5.74, 6) is 0.0459. The molecule has 10 nitrogen and oxygen atoms in total. The molecule has 0 aliphatic heterocycles. The van der Waals surface area contributed by atoms with Crippen molar-refractivity contribution in [2.75, 3.05) is 30.3 Å². The van der Waals surface area contributed by atoms with E-state index < -0.39 is 14.9 Å². The quantitative estimate of drug-likeness (QED) is 0.456. The summed E-state index contributed by atoms with van der Waals surface area (Å²) in [6.45, 7) is -0.0918. The Morgan fingerprint density at radius 2 is 1.97 bits per heavy atom. The van der Waals surface area contributed by atoms with Crippen molar-refractivity contribution >= 4 is 33.0 Å². The number of rotatable bonds is 9. The van der Waals surface area contributed by atoms with Crippen LogP contribution in [-0.2, 0) is 14.8 Å². The highest BCUT2D eigenvalue weighted by Crippen LogP contribution is 2.32. The van der Waals surface area contributed by atoms with Crippen molar-refractivity contribution in [1.82, 2.24) is 5.32 Å². The second kappa shape index (κ2) is 8.57. The summed E-state index contributed by atoms with van der Waals surface area (Å²) in [7, 11) is -1.28. The number of amides is 1. The topological polar surface area (TPSA) is 131 Å². The summed E-state index contributed by atoms with van der Waals surface area (Å²) in [6.07, 6.45) is 1.85. The van der Waals surface area contributed by atoms with Crippen molar-refractivity contribution in [3.63, 3.8) is 0 Å². The average molecular weight is 434 g/mol. The first-order chi connectivity index (χ1) is 14.2. The number of nitro groups is 1. The van der Waals surface area contributed by atoms with Crippen molar-refractivity contribution < 1.29 is 22.9 Å². The molecule has 1 saturated carbocycles. The lowest BCUT2D eigenvalue weighted by molar-refractivity contribution is -0.385. The first-order valence-electron chi connectivity index (χ1n) is 9.16. The largest absolute Gasteiger partial charge is 0.495 e. The predicted molar refractivity (Wildman–Crippen MR) is 111 cm³/mol. The number of methoxy groups -OCH3 is 1. The first kappa shape index (κ1) is 21.4. The molecule has 1 aliphatic carbocycles. The summed E-state index contributed by atoms with van der Waals surface area (Å²) in [5.41, 5.74) is -0.0319. The van der Waals surface area contributed by atoms with E-state index in [1.165, 1.54) is 30.2 Å². The third-order valence-corrected chi connectivity index (χ3v) is 5.92. The summed E-state index contributed by atoms with van der Waals surface area (Å²) in [5, 5.41) is 14.0. The minimum atomic E-state index is -4.23. The molecule has 1 amide bonds. The number of nitrogens with one attached hydrogen (secondary N) is 2. The van der Waals surface area contributed by atoms with Gasteiger partial charge in [0, 0.05) is 25.2 Å². The van der Waals surface area contributed by atoms with Crippen LogP contribution in [0.4, 0.5) is 17.1 Å². The molecule has 2 aromatic carbocycles. The van der Waals surface area contributed by atoms with Crippen LogP contribution in [0.25, 0.3) is 0 Å². The zero-order chi connectivity index (χ0) is 21.9. The number of sulfonamides is 1. The number of anilines is 2. The summed E-state index contributed by atoms with van der Waals surface area (Å²) >= 11 is 0. The molecule has 2 aromatic rings. The summed E-state index contributed by atoms with van der Waals surface area (Å²) in [6, 6.07) is 10.1. The SMILES string of the molecule is COc1ccccc1NS(=O)(=O)c1cc([N+](=O)[O-])ccc1N(C)CC(=O)NC1CC1. The van der Waals surface area contributed by atoms with Crippen LogP contribution in [0.1, 0.15) is 12.8 Å². The van der Waals surface area contributed by atoms with Gasteiger partial charge in [0.25, 0.3) is 15.7 Å². The van der Waals surface area contributed by atoms with Crippen LogP contribution in [0, 0.1) is 10.1 Å². The lowest BCUT2D eigenvalue weighted by Gasteiger charge is -2.22. The van der Waals surface area contributed by atoms with E-state index in [1.54, 1.807) is 25.2 Å². The molecule has 0 radical (unpaired) electrons. The molecule has 11 heteroatoms. The van der Waals surface area contributed by atoms with Gasteiger partial charge in [-0.25, -0.2) is 8.42 Å². The highest BCUT2D eigenvalue weighted by atomic mass is 32.2. The molecular weight excluding hydrogens is 412 g/mol. The number of para-hydroxylation sites is 2. The zero-order valence-electron chi connectivity index (χ0n) is 16.5. The zero-order valence-corrected chi connectivity index (χ0v) is 17.3. The van der Waals surface area contributed by atoms with Crippen LogP contribution < -0.4 is 19.7 Å². The molecule has 0 saturated heterocycles. The van der Waals surface area contributed by atoms with E-state index in [2.05, 4.69) is 10.0 Å². The molecular formula is C19H22N4O6S. The Bertz CT molecular complexity index is 1070. The second-order valence-corrected chi connectivity index (χ2v) is 8.56. The van der Waals surface area contributed by atoms with Crippen LogP contribution in [0.3, 0.4) is 0 Å². The number of carbonyl (C=O) groups excluding carboxylic acids is 1. The van der Waals surface area contributed by atoms with Gasteiger partial charge in [0.2, 0.25) is 5.91 Å². The molecule has 0 bridgehead atoms. The molecule has 30 heavy (non-hydrogen) atoms. The van der Waals surface area contributed by atoms with Crippen molar-refractivity contribution in [2.24, 2.45) is 0 Å². The number of ether oxygens (including phenoxy) is 1. The Hall–Kier alpha value is -3.34. The maximum Gasteiger partial charge on any atom is 0.270 e. The standard InChI is InChI=1S/C19H22N4O6S/c1-22(12-19(24)20-13-7-8-13)16-10-9-14(23(25)26)11-18(16)30(27,28)21-15-5-3-4-6-17(15)29-2/h3-6,9-11,13,21H,7-8,12H2,1-2H3,(H,20,24). The molecule has 160 valence electrons. The number of nitro benzene ring substituents is 1. The van der Waals surface area contributed by atoms with Gasteiger partial charge in [0.1, 0.15) is 10.6 Å². The van der Waals surface area contributed by atoms with Crippen LogP contribution in [0.15, 0.2) is 47.4 Å². The molecule has 0 atom stereocenters. The third kappa shape index (κ3) is 4.98. The molecule has 1 aliphatic rings. The van der Waals surface area contributed by atoms with Crippen LogP contribution >= 0.6 is 0 Å². The van der Waals surface area contributed by atoms with Crippen LogP contribution in [0.2, 0.25) is 0 Å². The highest BCUT2D eigenvalue weighted by Gasteiger charge is 2.27. The van der Waals surface area contributed by atoms with Crippen molar-refractivity contribution in [2.45, 2.75) is 23.8 Å². The van der Waals surface area contributed by atoms with Gasteiger partial charge in [-0.2, -0.15) is 0 Å². The molecule has 0 unspecified atom stereocenters. The summed E-state index contributed by atoms with van der Waals surface area (Å²) in [4.78, 5) is 23.8. The molecule has 2 N–H and O–H groups in total. The molecule has 3 rings (SSSR count). The van der Waals surface area contributed by atoms with E-state index in [0.29, 0.717) is 5.75 Å². The van der Waals surface area contributed by atoms with Gasteiger partial charge in [0.05, 0.1) is 30.0 Å². The Morgan fingerprint density at radius 1 is 1.27 bits per heavy atom. The summed E-state index contributed by atoms with van der Waals surface area (Å²) < 4.78 is 33.8. The van der Waals surface area contributed by atoms with Crippen LogP contribution in [0.5, 0.6) is 5.75 Å². The number of benzene rings is 2. The second-order valence-electron chi connectivity index (χ2n) is 6.91. The minimum absolute atomic E-state index is 0.0918. The maximum absolute atomic E-state index is 13.1. The van der Waals surface area contributed by atoms with Gasteiger partial charge in [-0.15, -0.1) is 0 Å². The van der Waals surface area contributed by atoms with E-state index in [-0.39, 0.29) is 40.5 Å². The fourth-order valence-corrected chi connectivity index (χ4v) is 4.22. The number of hydrogen-bond donors (Lipinski definition) is 2. The van der Waals surface area contributed by atoms with Crippen molar-refractivity contribution in [1.29, 1.82) is 0 Å². The Labute approximate surface area is 174 Å². The van der Waals surface area contributed by atoms with Gasteiger partial charge in [-0.05, 0) is 31.0 Å². The lowest BCUT2D eigenvalue weighted by atomic mass is 10.2. The monoisotopic (exact) mass is 434 g/mol. The molecule has 1 fully saturated rings. The van der Waals surface area contributed by atoms with Gasteiger partial charge < -0.3 is 15.0 Å². The van der Waals surface area contributed by atoms with E-state index in [9.17, 15) is 23.3 Å². The van der Waals surface area contributed by atoms with Gasteiger partial charge in [0.15, 0.2) is 0 Å². The van der Waals surface area contributed by atoms with E-state index >= 15 is 0 Å². The van der Waals surface area contributed by atoms with Crippen molar-refractivity contribution in [3.05, 3.63) is 52.6 Å². The van der Waals surface area contributed by atoms with Gasteiger partial charge >= 0.3 is 0 Å². The number of nitrogens with zero attached hydrogens (tertiary/aromatic N) is 2. The fraction of sp³-hybridized carbons (Fsp3) is 0.316. The van der Waals surface area contributed by atoms with Gasteiger partial charge in [-0.3, -0.25) is 19.6 Å². The number of non-ortho nitro benzene ring substituents is 1. The molecule has 0 spiro atoms. The predicted octanol–water partition coefficient (Wildman–Crippen LogP) is 2.12. The number of carbonyl (C=O) groups is 1. The van der Waals surface area contributed by atoms with Gasteiger partial charge in [-0.1, -0.05) is 12.1 Å². The maximum atomic E-state index is 13.1.